The van der Waals surface area contributed by atoms with Crippen LogP contribution in [0.15, 0.2) is 30.3 Å². The van der Waals surface area contributed by atoms with Crippen LogP contribution in [0.2, 0.25) is 0 Å². The van der Waals surface area contributed by atoms with Crippen molar-refractivity contribution in [3.63, 3.8) is 0 Å². The maximum absolute atomic E-state index is 11.5. The minimum atomic E-state index is -1.36. The van der Waals surface area contributed by atoms with Crippen LogP contribution in [0.5, 0.6) is 0 Å². The number of ether oxygens (including phenoxy) is 1. The average molecular weight is 220 g/mol. The topological polar surface area (TPSA) is 63.6 Å². The van der Waals surface area contributed by atoms with Crippen LogP contribution in [0.25, 0.3) is 0 Å². The summed E-state index contributed by atoms with van der Waals surface area (Å²) in [4.78, 5) is 22.7. The van der Waals surface area contributed by atoms with E-state index in [-0.39, 0.29) is 5.92 Å². The minimum Gasteiger partial charge on any atom is -0.480 e. The summed E-state index contributed by atoms with van der Waals surface area (Å²) < 4.78 is 4.57. The maximum atomic E-state index is 11.5. The Morgan fingerprint density at radius 1 is 1.38 bits per heavy atom. The van der Waals surface area contributed by atoms with Gasteiger partial charge in [-0.2, -0.15) is 0 Å². The predicted octanol–water partition coefficient (Wildman–Crippen LogP) is 1.42. The van der Waals surface area contributed by atoms with Gasteiger partial charge in [-0.25, -0.2) is 0 Å². The summed E-state index contributed by atoms with van der Waals surface area (Å²) in [6, 6.07) is 9.18. The molecule has 2 rings (SSSR count). The van der Waals surface area contributed by atoms with Gasteiger partial charge < -0.3 is 9.84 Å². The number of aliphatic carboxylic acids is 1. The quantitative estimate of drug-likeness (QED) is 0.618. The number of carboxylic acids is 1. The van der Waals surface area contributed by atoms with Crippen LogP contribution >= 0.6 is 0 Å². The van der Waals surface area contributed by atoms with Crippen molar-refractivity contribution in [1.29, 1.82) is 0 Å². The second-order valence-corrected chi connectivity index (χ2v) is 3.94. The van der Waals surface area contributed by atoms with Crippen molar-refractivity contribution in [2.45, 2.75) is 12.3 Å². The Labute approximate surface area is 92.8 Å². The lowest BCUT2D eigenvalue weighted by Gasteiger charge is -2.09. The fourth-order valence-electron chi connectivity index (χ4n) is 2.08. The van der Waals surface area contributed by atoms with Crippen molar-refractivity contribution in [3.05, 3.63) is 35.9 Å². The zero-order valence-electron chi connectivity index (χ0n) is 8.84. The first-order valence-corrected chi connectivity index (χ1v) is 4.99. The molecule has 1 aromatic rings. The van der Waals surface area contributed by atoms with Crippen molar-refractivity contribution in [3.8, 4) is 0 Å². The standard InChI is InChI=1S/C12H12O4/c1-16-11(15)12(10(13)14)7-9(12)8-5-3-2-4-6-8/h2-6,9H,7H2,1H3,(H,13,14)/t9-,12+/m0/s1. The first kappa shape index (κ1) is 10.7. The normalized spacial score (nSPS) is 27.2. The fraction of sp³-hybridized carbons (Fsp3) is 0.333. The van der Waals surface area contributed by atoms with Gasteiger partial charge in [0, 0.05) is 5.92 Å². The molecule has 0 radical (unpaired) electrons. The van der Waals surface area contributed by atoms with Crippen molar-refractivity contribution in [2.75, 3.05) is 7.11 Å². The number of hydrogen-bond acceptors (Lipinski definition) is 3. The number of benzene rings is 1. The van der Waals surface area contributed by atoms with E-state index in [0.29, 0.717) is 6.42 Å². The van der Waals surface area contributed by atoms with Crippen molar-refractivity contribution < 1.29 is 19.4 Å². The summed E-state index contributed by atoms with van der Waals surface area (Å²) in [6.45, 7) is 0. The Kier molecular flexibility index (Phi) is 2.42. The van der Waals surface area contributed by atoms with E-state index in [9.17, 15) is 9.59 Å². The SMILES string of the molecule is COC(=O)[C@]1(C(=O)O)C[C@H]1c1ccccc1. The Balaban J connectivity index is 2.30. The molecule has 16 heavy (non-hydrogen) atoms. The molecule has 0 amide bonds. The molecule has 0 saturated heterocycles. The number of methoxy groups -OCH3 is 1. The average Bonchev–Trinajstić information content (AvgIpc) is 3.06. The van der Waals surface area contributed by atoms with Crippen molar-refractivity contribution in [2.24, 2.45) is 5.41 Å². The monoisotopic (exact) mass is 220 g/mol. The van der Waals surface area contributed by atoms with Gasteiger partial charge in [-0.3, -0.25) is 9.59 Å². The van der Waals surface area contributed by atoms with E-state index < -0.39 is 17.4 Å². The highest BCUT2D eigenvalue weighted by atomic mass is 16.5. The highest BCUT2D eigenvalue weighted by Crippen LogP contribution is 2.60. The van der Waals surface area contributed by atoms with Crippen LogP contribution in [0, 0.1) is 5.41 Å². The largest absolute Gasteiger partial charge is 0.480 e. The van der Waals surface area contributed by atoms with E-state index in [1.807, 2.05) is 30.3 Å². The maximum Gasteiger partial charge on any atom is 0.323 e. The third-order valence-corrected chi connectivity index (χ3v) is 3.09. The number of carbonyl (C=O) groups excluding carboxylic acids is 1. The zero-order chi connectivity index (χ0) is 11.8. The summed E-state index contributed by atoms with van der Waals surface area (Å²) in [5.74, 6) is -2.03. The van der Waals surface area contributed by atoms with Crippen LogP contribution in [-0.4, -0.2) is 24.2 Å². The molecule has 84 valence electrons. The molecule has 1 saturated carbocycles. The lowest BCUT2D eigenvalue weighted by atomic mass is 9.99. The molecular formula is C12H12O4. The third-order valence-electron chi connectivity index (χ3n) is 3.09. The molecular weight excluding hydrogens is 208 g/mol. The molecule has 0 spiro atoms. The molecule has 1 aromatic carbocycles. The first-order valence-electron chi connectivity index (χ1n) is 4.99. The van der Waals surface area contributed by atoms with Gasteiger partial charge in [-0.05, 0) is 12.0 Å². The first-order chi connectivity index (χ1) is 7.63. The van der Waals surface area contributed by atoms with Crippen LogP contribution in [0.3, 0.4) is 0 Å². The predicted molar refractivity (Wildman–Crippen MR) is 55.9 cm³/mol. The van der Waals surface area contributed by atoms with E-state index >= 15 is 0 Å². The molecule has 0 aliphatic heterocycles. The Hall–Kier alpha value is -1.84. The second kappa shape index (κ2) is 3.63. The Morgan fingerprint density at radius 3 is 2.50 bits per heavy atom. The third kappa shape index (κ3) is 1.38. The summed E-state index contributed by atoms with van der Waals surface area (Å²) >= 11 is 0. The van der Waals surface area contributed by atoms with Gasteiger partial charge in [0.1, 0.15) is 0 Å². The summed E-state index contributed by atoms with van der Waals surface area (Å²) in [7, 11) is 1.22. The van der Waals surface area contributed by atoms with Crippen molar-refractivity contribution in [1.82, 2.24) is 0 Å². The van der Waals surface area contributed by atoms with Gasteiger partial charge in [0.2, 0.25) is 0 Å². The van der Waals surface area contributed by atoms with E-state index in [1.54, 1.807) is 0 Å². The van der Waals surface area contributed by atoms with Gasteiger partial charge >= 0.3 is 11.9 Å². The number of hydrogen-bond donors (Lipinski definition) is 1. The smallest absolute Gasteiger partial charge is 0.323 e. The van der Waals surface area contributed by atoms with E-state index in [4.69, 9.17) is 5.11 Å². The van der Waals surface area contributed by atoms with Crippen LogP contribution in [-0.2, 0) is 14.3 Å². The summed E-state index contributed by atoms with van der Waals surface area (Å²) in [5, 5.41) is 9.14. The van der Waals surface area contributed by atoms with Gasteiger partial charge in [0.05, 0.1) is 7.11 Å². The fourth-order valence-corrected chi connectivity index (χ4v) is 2.08. The lowest BCUT2D eigenvalue weighted by molar-refractivity contribution is -0.159. The van der Waals surface area contributed by atoms with Gasteiger partial charge in [0.25, 0.3) is 0 Å². The molecule has 0 heterocycles. The lowest BCUT2D eigenvalue weighted by Crippen LogP contribution is -2.28. The van der Waals surface area contributed by atoms with E-state index in [2.05, 4.69) is 4.74 Å². The summed E-state index contributed by atoms with van der Waals surface area (Å²) in [5.41, 5.74) is -0.494. The Bertz CT molecular complexity index is 426. The number of carbonyl (C=O) groups is 2. The van der Waals surface area contributed by atoms with Crippen LogP contribution < -0.4 is 0 Å². The van der Waals surface area contributed by atoms with Gasteiger partial charge in [-0.1, -0.05) is 30.3 Å². The zero-order valence-corrected chi connectivity index (χ0v) is 8.84. The van der Waals surface area contributed by atoms with Crippen LogP contribution in [0.4, 0.5) is 0 Å². The Morgan fingerprint density at radius 2 is 2.00 bits per heavy atom. The van der Waals surface area contributed by atoms with E-state index in [0.717, 1.165) is 5.56 Å². The highest BCUT2D eigenvalue weighted by Gasteiger charge is 2.67. The molecule has 0 aromatic heterocycles. The molecule has 2 atom stereocenters. The molecule has 1 aliphatic rings. The second-order valence-electron chi connectivity index (χ2n) is 3.94. The number of rotatable bonds is 3. The number of esters is 1. The van der Waals surface area contributed by atoms with Gasteiger partial charge in [-0.15, -0.1) is 0 Å². The number of carboxylic acid groups (broad SMARTS) is 1. The molecule has 0 bridgehead atoms. The highest BCUT2D eigenvalue weighted by molar-refractivity contribution is 6.04. The van der Waals surface area contributed by atoms with E-state index in [1.165, 1.54) is 7.11 Å². The van der Waals surface area contributed by atoms with Crippen LogP contribution in [0.1, 0.15) is 17.9 Å². The molecule has 4 nitrogen and oxygen atoms in total. The molecule has 1 aliphatic carbocycles. The molecule has 1 N–H and O–H groups in total. The summed E-state index contributed by atoms with van der Waals surface area (Å²) in [6.07, 6.45) is 0.318. The molecule has 0 unspecified atom stereocenters. The van der Waals surface area contributed by atoms with Crippen molar-refractivity contribution >= 4 is 11.9 Å². The minimum absolute atomic E-state index is 0.265. The molecule has 4 heteroatoms. The van der Waals surface area contributed by atoms with Gasteiger partial charge in [0.15, 0.2) is 5.41 Å². The molecule has 1 fully saturated rings.